The molecule has 0 bridgehead atoms. The van der Waals surface area contributed by atoms with Gasteiger partial charge in [-0.25, -0.2) is 0 Å². The van der Waals surface area contributed by atoms with Crippen LogP contribution in [0.3, 0.4) is 0 Å². The number of hydrogen-bond donors (Lipinski definition) is 7. The number of hydrogen-bond acceptors (Lipinski definition) is 7. The molecule has 12 heteroatoms. The van der Waals surface area contributed by atoms with E-state index in [0.29, 0.717) is 0 Å². The predicted molar refractivity (Wildman–Crippen MR) is 83.7 cm³/mol. The fraction of sp³-hybridized carbons (Fsp3) is 0.615. The molecule has 0 aromatic heterocycles. The Morgan fingerprint density at radius 3 is 2.16 bits per heavy atom. The topological polar surface area (TPSA) is 214 Å². The van der Waals surface area contributed by atoms with Gasteiger partial charge in [-0.1, -0.05) is 0 Å². The Labute approximate surface area is 143 Å². The molecule has 0 fully saturated rings. The van der Waals surface area contributed by atoms with Crippen LogP contribution >= 0.6 is 0 Å². The zero-order valence-corrected chi connectivity index (χ0v) is 13.7. The second-order valence-electron chi connectivity index (χ2n) is 5.20. The first-order valence-corrected chi connectivity index (χ1v) is 7.33. The molecule has 0 radical (unpaired) electrons. The van der Waals surface area contributed by atoms with Crippen LogP contribution in [0.4, 0.5) is 0 Å². The van der Waals surface area contributed by atoms with E-state index in [-0.39, 0.29) is 12.8 Å². The first-order chi connectivity index (χ1) is 11.6. The van der Waals surface area contributed by atoms with Crippen LogP contribution in [-0.4, -0.2) is 71.1 Å². The molecule has 0 spiro atoms. The van der Waals surface area contributed by atoms with Gasteiger partial charge in [0, 0.05) is 6.42 Å². The summed E-state index contributed by atoms with van der Waals surface area (Å²) in [5, 5.41) is 24.2. The van der Waals surface area contributed by atoms with Crippen molar-refractivity contribution >= 4 is 29.6 Å². The molecule has 3 unspecified atom stereocenters. The van der Waals surface area contributed by atoms with Crippen molar-refractivity contribution in [1.82, 2.24) is 16.0 Å². The SMILES string of the molecule is CC(NC(=O)C(CO)NC(=O)CNC(=O)C(N)CCC(N)=O)C(=O)O. The van der Waals surface area contributed by atoms with Gasteiger partial charge in [0.2, 0.25) is 23.6 Å². The number of nitrogens with one attached hydrogen (secondary N) is 3. The average Bonchev–Trinajstić information content (AvgIpc) is 2.54. The molecule has 0 saturated heterocycles. The number of aliphatic carboxylic acids is 1. The third-order valence-corrected chi connectivity index (χ3v) is 3.03. The van der Waals surface area contributed by atoms with E-state index < -0.39 is 60.9 Å². The Morgan fingerprint density at radius 2 is 1.68 bits per heavy atom. The highest BCUT2D eigenvalue weighted by Gasteiger charge is 2.24. The van der Waals surface area contributed by atoms with Gasteiger partial charge in [0.15, 0.2) is 0 Å². The van der Waals surface area contributed by atoms with Crippen LogP contribution in [0, 0.1) is 0 Å². The largest absolute Gasteiger partial charge is 0.480 e. The van der Waals surface area contributed by atoms with Crippen molar-refractivity contribution in [2.45, 2.75) is 37.9 Å². The highest BCUT2D eigenvalue weighted by atomic mass is 16.4. The van der Waals surface area contributed by atoms with Crippen LogP contribution < -0.4 is 27.4 Å². The number of rotatable bonds is 11. The van der Waals surface area contributed by atoms with Crippen molar-refractivity contribution in [2.75, 3.05) is 13.2 Å². The molecule has 0 aliphatic heterocycles. The Hall–Kier alpha value is -2.73. The van der Waals surface area contributed by atoms with Gasteiger partial charge < -0.3 is 37.6 Å². The summed E-state index contributed by atoms with van der Waals surface area (Å²) in [6.07, 6.45) is -0.0766. The summed E-state index contributed by atoms with van der Waals surface area (Å²) in [4.78, 5) is 56.3. The average molecular weight is 361 g/mol. The summed E-state index contributed by atoms with van der Waals surface area (Å²) < 4.78 is 0. The lowest BCUT2D eigenvalue weighted by atomic mass is 10.1. The van der Waals surface area contributed by atoms with Crippen molar-refractivity contribution in [1.29, 1.82) is 0 Å². The van der Waals surface area contributed by atoms with Crippen LogP contribution in [0.1, 0.15) is 19.8 Å². The second kappa shape index (κ2) is 10.9. The first-order valence-electron chi connectivity index (χ1n) is 7.33. The fourth-order valence-electron chi connectivity index (χ4n) is 1.54. The van der Waals surface area contributed by atoms with E-state index in [0.717, 1.165) is 0 Å². The van der Waals surface area contributed by atoms with E-state index in [4.69, 9.17) is 21.7 Å². The maximum absolute atomic E-state index is 11.7. The number of carboxylic acids is 1. The fourth-order valence-corrected chi connectivity index (χ4v) is 1.54. The molecular weight excluding hydrogens is 338 g/mol. The van der Waals surface area contributed by atoms with Gasteiger partial charge in [-0.15, -0.1) is 0 Å². The maximum atomic E-state index is 11.7. The lowest BCUT2D eigenvalue weighted by Gasteiger charge is -2.18. The highest BCUT2D eigenvalue weighted by Crippen LogP contribution is 1.93. The van der Waals surface area contributed by atoms with E-state index in [1.165, 1.54) is 6.92 Å². The molecule has 0 aromatic rings. The molecule has 9 N–H and O–H groups in total. The third-order valence-electron chi connectivity index (χ3n) is 3.03. The summed E-state index contributed by atoms with van der Waals surface area (Å²) in [5.74, 6) is -4.29. The minimum absolute atomic E-state index is 0.0114. The molecule has 4 amide bonds. The van der Waals surface area contributed by atoms with E-state index in [9.17, 15) is 24.0 Å². The maximum Gasteiger partial charge on any atom is 0.325 e. The van der Waals surface area contributed by atoms with Gasteiger partial charge in [-0.2, -0.15) is 0 Å². The number of amides is 4. The molecule has 0 aliphatic carbocycles. The summed E-state index contributed by atoms with van der Waals surface area (Å²) in [6.45, 7) is -0.0818. The minimum atomic E-state index is -1.38. The lowest BCUT2D eigenvalue weighted by Crippen LogP contribution is -2.54. The number of primary amides is 1. The van der Waals surface area contributed by atoms with Gasteiger partial charge in [-0.05, 0) is 13.3 Å². The Kier molecular flexibility index (Phi) is 9.74. The van der Waals surface area contributed by atoms with E-state index in [1.54, 1.807) is 0 Å². The summed E-state index contributed by atoms with van der Waals surface area (Å²) in [5.41, 5.74) is 10.4. The Bertz CT molecular complexity index is 525. The zero-order chi connectivity index (χ0) is 19.6. The van der Waals surface area contributed by atoms with E-state index in [2.05, 4.69) is 16.0 Å². The van der Waals surface area contributed by atoms with Gasteiger partial charge >= 0.3 is 5.97 Å². The number of carbonyl (C=O) groups is 5. The molecule has 12 nitrogen and oxygen atoms in total. The van der Waals surface area contributed by atoms with Crippen molar-refractivity contribution in [2.24, 2.45) is 11.5 Å². The molecule has 142 valence electrons. The van der Waals surface area contributed by atoms with Crippen LogP contribution in [0.5, 0.6) is 0 Å². The van der Waals surface area contributed by atoms with Crippen LogP contribution in [0.2, 0.25) is 0 Å². The summed E-state index contributed by atoms with van der Waals surface area (Å²) in [7, 11) is 0. The molecule has 25 heavy (non-hydrogen) atoms. The van der Waals surface area contributed by atoms with Gasteiger partial charge in [0.1, 0.15) is 12.1 Å². The smallest absolute Gasteiger partial charge is 0.325 e. The summed E-state index contributed by atoms with van der Waals surface area (Å²) in [6, 6.07) is -3.62. The molecule has 0 aromatic carbocycles. The Balaban J connectivity index is 4.37. The van der Waals surface area contributed by atoms with Crippen LogP contribution in [0.15, 0.2) is 0 Å². The van der Waals surface area contributed by atoms with Crippen molar-refractivity contribution in [3.05, 3.63) is 0 Å². The van der Waals surface area contributed by atoms with E-state index >= 15 is 0 Å². The number of carbonyl (C=O) groups excluding carboxylic acids is 4. The van der Waals surface area contributed by atoms with Crippen molar-refractivity contribution < 1.29 is 34.2 Å². The van der Waals surface area contributed by atoms with Crippen molar-refractivity contribution in [3.63, 3.8) is 0 Å². The first kappa shape index (κ1) is 22.3. The lowest BCUT2D eigenvalue weighted by molar-refractivity contribution is -0.142. The minimum Gasteiger partial charge on any atom is -0.480 e. The predicted octanol–water partition coefficient (Wildman–Crippen LogP) is -4.24. The van der Waals surface area contributed by atoms with Gasteiger partial charge in [-0.3, -0.25) is 24.0 Å². The summed E-state index contributed by atoms with van der Waals surface area (Å²) >= 11 is 0. The third kappa shape index (κ3) is 9.22. The molecule has 0 rings (SSSR count). The standard InChI is InChI=1S/C13H23N5O7/c1-6(13(24)25)17-12(23)8(5-19)18-10(21)4-16-11(22)7(14)2-3-9(15)20/h6-8,19H,2-5,14H2,1H3,(H2,15,20)(H,16,22)(H,17,23)(H,18,21)(H,24,25). The number of aliphatic hydroxyl groups excluding tert-OH is 1. The van der Waals surface area contributed by atoms with Crippen molar-refractivity contribution in [3.8, 4) is 0 Å². The van der Waals surface area contributed by atoms with Gasteiger partial charge in [0.25, 0.3) is 0 Å². The zero-order valence-electron chi connectivity index (χ0n) is 13.7. The Morgan fingerprint density at radius 1 is 1.08 bits per heavy atom. The highest BCUT2D eigenvalue weighted by molar-refractivity contribution is 5.92. The number of carboxylic acid groups (broad SMARTS) is 1. The molecule has 3 atom stereocenters. The molecule has 0 saturated carbocycles. The second-order valence-corrected chi connectivity index (χ2v) is 5.20. The normalized spacial score (nSPS) is 13.9. The monoisotopic (exact) mass is 361 g/mol. The van der Waals surface area contributed by atoms with Crippen LogP contribution in [0.25, 0.3) is 0 Å². The number of aliphatic hydroxyl groups is 1. The number of nitrogens with two attached hydrogens (primary N) is 2. The van der Waals surface area contributed by atoms with Crippen LogP contribution in [-0.2, 0) is 24.0 Å². The molecule has 0 heterocycles. The molecular formula is C13H23N5O7. The van der Waals surface area contributed by atoms with Gasteiger partial charge in [0.05, 0.1) is 19.2 Å². The quantitative estimate of drug-likeness (QED) is 0.191. The molecule has 0 aliphatic rings. The van der Waals surface area contributed by atoms with E-state index in [1.807, 2.05) is 0 Å².